The standard InChI is InChI=1S/C14H20N4O4/c1-17-7-6-16-14(17)15-5-4-10-8-12(21-2)13(22-3)9-11(10)18(19)20/h8-9H,4-7H2,1-3H3,(H,15,16). The summed E-state index contributed by atoms with van der Waals surface area (Å²) in [6.45, 7) is 2.22. The van der Waals surface area contributed by atoms with Crippen LogP contribution in [-0.4, -0.2) is 56.7 Å². The summed E-state index contributed by atoms with van der Waals surface area (Å²) in [6, 6.07) is 3.05. The number of rotatable bonds is 6. The molecule has 1 aromatic rings. The third-order valence-electron chi connectivity index (χ3n) is 3.52. The molecular formula is C14H20N4O4. The van der Waals surface area contributed by atoms with E-state index in [1.54, 1.807) is 6.07 Å². The Balaban J connectivity index is 2.13. The number of nitrogens with one attached hydrogen (secondary N) is 1. The van der Waals surface area contributed by atoms with Crippen molar-refractivity contribution in [2.24, 2.45) is 4.99 Å². The van der Waals surface area contributed by atoms with Crippen LogP contribution in [-0.2, 0) is 6.42 Å². The van der Waals surface area contributed by atoms with Crippen molar-refractivity contribution >= 4 is 11.6 Å². The highest BCUT2D eigenvalue weighted by molar-refractivity contribution is 5.81. The summed E-state index contributed by atoms with van der Waals surface area (Å²) >= 11 is 0. The number of guanidine groups is 1. The van der Waals surface area contributed by atoms with Gasteiger partial charge in [-0.05, 0) is 12.5 Å². The van der Waals surface area contributed by atoms with Crippen molar-refractivity contribution in [1.82, 2.24) is 10.2 Å². The highest BCUT2D eigenvalue weighted by Gasteiger charge is 2.19. The second kappa shape index (κ2) is 6.97. The van der Waals surface area contributed by atoms with Crippen LogP contribution < -0.4 is 14.8 Å². The molecule has 0 atom stereocenters. The number of hydrogen-bond donors (Lipinski definition) is 1. The molecule has 0 aromatic heterocycles. The molecule has 0 amide bonds. The number of likely N-dealkylation sites (N-methyl/N-ethyl adjacent to an activating group) is 1. The molecule has 0 radical (unpaired) electrons. The molecule has 0 fully saturated rings. The summed E-state index contributed by atoms with van der Waals surface area (Å²) < 4.78 is 10.3. The van der Waals surface area contributed by atoms with E-state index in [1.165, 1.54) is 20.3 Å². The smallest absolute Gasteiger partial charge is 0.276 e. The summed E-state index contributed by atoms with van der Waals surface area (Å²) in [5, 5.41) is 14.4. The normalized spacial score (nSPS) is 13.8. The minimum absolute atomic E-state index is 0.0289. The summed E-state index contributed by atoms with van der Waals surface area (Å²) in [5.74, 6) is 1.66. The van der Waals surface area contributed by atoms with Crippen molar-refractivity contribution < 1.29 is 14.4 Å². The fourth-order valence-electron chi connectivity index (χ4n) is 2.31. The molecule has 1 aliphatic heterocycles. The maximum absolute atomic E-state index is 11.2. The number of nitro groups is 1. The van der Waals surface area contributed by atoms with Crippen LogP contribution in [0.2, 0.25) is 0 Å². The van der Waals surface area contributed by atoms with Gasteiger partial charge >= 0.3 is 0 Å². The summed E-state index contributed by atoms with van der Waals surface area (Å²) in [4.78, 5) is 17.1. The van der Waals surface area contributed by atoms with Crippen LogP contribution >= 0.6 is 0 Å². The molecule has 8 nitrogen and oxygen atoms in total. The van der Waals surface area contributed by atoms with Crippen LogP contribution in [0.15, 0.2) is 17.1 Å². The Labute approximate surface area is 128 Å². The van der Waals surface area contributed by atoms with E-state index in [4.69, 9.17) is 9.47 Å². The molecule has 0 saturated carbocycles. The monoisotopic (exact) mass is 308 g/mol. The molecule has 0 unspecified atom stereocenters. The highest BCUT2D eigenvalue weighted by Crippen LogP contribution is 2.34. The molecule has 1 N–H and O–H groups in total. The van der Waals surface area contributed by atoms with Crippen LogP contribution in [0.1, 0.15) is 5.56 Å². The zero-order valence-electron chi connectivity index (χ0n) is 13.0. The number of nitrogens with zero attached hydrogens (tertiary/aromatic N) is 3. The number of methoxy groups -OCH3 is 2. The third-order valence-corrected chi connectivity index (χ3v) is 3.52. The van der Waals surface area contributed by atoms with Gasteiger partial charge in [0, 0.05) is 25.7 Å². The van der Waals surface area contributed by atoms with Crippen LogP contribution in [0.5, 0.6) is 11.5 Å². The molecule has 1 aliphatic rings. The lowest BCUT2D eigenvalue weighted by molar-refractivity contribution is -0.385. The first-order valence-electron chi connectivity index (χ1n) is 6.95. The number of nitro benzene ring substituents is 1. The van der Waals surface area contributed by atoms with E-state index in [0.29, 0.717) is 30.0 Å². The molecule has 0 saturated heterocycles. The molecule has 1 heterocycles. The Morgan fingerprint density at radius 3 is 2.59 bits per heavy atom. The van der Waals surface area contributed by atoms with Gasteiger partial charge in [-0.1, -0.05) is 0 Å². The minimum Gasteiger partial charge on any atom is -0.493 e. The Morgan fingerprint density at radius 1 is 1.36 bits per heavy atom. The number of hydrogen-bond acceptors (Lipinski definition) is 7. The van der Waals surface area contributed by atoms with Crippen molar-refractivity contribution in [3.05, 3.63) is 27.8 Å². The SMILES string of the molecule is COc1cc(CCNC2=NCCN2C)c([N+](=O)[O-])cc1OC. The Kier molecular flexibility index (Phi) is 5.03. The maximum Gasteiger partial charge on any atom is 0.276 e. The first-order valence-corrected chi connectivity index (χ1v) is 6.95. The summed E-state index contributed by atoms with van der Waals surface area (Å²) in [7, 11) is 4.92. The van der Waals surface area contributed by atoms with Crippen LogP contribution in [0, 0.1) is 10.1 Å². The largest absolute Gasteiger partial charge is 0.493 e. The summed E-state index contributed by atoms with van der Waals surface area (Å²) in [6.07, 6.45) is 0.490. The van der Waals surface area contributed by atoms with Gasteiger partial charge in [-0.25, -0.2) is 0 Å². The van der Waals surface area contributed by atoms with Crippen LogP contribution in [0.3, 0.4) is 0 Å². The zero-order valence-corrected chi connectivity index (χ0v) is 13.0. The first-order chi connectivity index (χ1) is 10.6. The fourth-order valence-corrected chi connectivity index (χ4v) is 2.31. The van der Waals surface area contributed by atoms with Gasteiger partial charge in [0.2, 0.25) is 0 Å². The van der Waals surface area contributed by atoms with Gasteiger partial charge in [-0.15, -0.1) is 0 Å². The average Bonchev–Trinajstić information content (AvgIpc) is 2.91. The molecule has 0 aliphatic carbocycles. The van der Waals surface area contributed by atoms with E-state index in [9.17, 15) is 10.1 Å². The molecule has 2 rings (SSSR count). The van der Waals surface area contributed by atoms with Crippen molar-refractivity contribution in [3.63, 3.8) is 0 Å². The Morgan fingerprint density at radius 2 is 2.05 bits per heavy atom. The third kappa shape index (κ3) is 3.38. The predicted octanol–water partition coefficient (Wildman–Crippen LogP) is 1.05. The lowest BCUT2D eigenvalue weighted by Crippen LogP contribution is -2.36. The van der Waals surface area contributed by atoms with Crippen molar-refractivity contribution in [2.75, 3.05) is 40.9 Å². The molecule has 0 bridgehead atoms. The van der Waals surface area contributed by atoms with Crippen molar-refractivity contribution in [1.29, 1.82) is 0 Å². The van der Waals surface area contributed by atoms with Gasteiger partial charge in [0.05, 0.1) is 31.8 Å². The minimum atomic E-state index is -0.406. The van der Waals surface area contributed by atoms with E-state index in [1.807, 2.05) is 11.9 Å². The molecule has 0 spiro atoms. The van der Waals surface area contributed by atoms with E-state index in [-0.39, 0.29) is 5.69 Å². The number of ether oxygens (including phenoxy) is 2. The maximum atomic E-state index is 11.2. The lowest BCUT2D eigenvalue weighted by Gasteiger charge is -2.15. The predicted molar refractivity (Wildman–Crippen MR) is 82.8 cm³/mol. The zero-order chi connectivity index (χ0) is 16.1. The highest BCUT2D eigenvalue weighted by atomic mass is 16.6. The molecule has 22 heavy (non-hydrogen) atoms. The number of aliphatic imine (C=N–C) groups is 1. The summed E-state index contributed by atoms with van der Waals surface area (Å²) in [5.41, 5.74) is 0.623. The Bertz CT molecular complexity index is 588. The topological polar surface area (TPSA) is 89.2 Å². The van der Waals surface area contributed by atoms with Crippen LogP contribution in [0.25, 0.3) is 0 Å². The van der Waals surface area contributed by atoms with E-state index < -0.39 is 4.92 Å². The second-order valence-electron chi connectivity index (χ2n) is 4.90. The van der Waals surface area contributed by atoms with Gasteiger partial charge in [-0.3, -0.25) is 15.1 Å². The molecular weight excluding hydrogens is 288 g/mol. The van der Waals surface area contributed by atoms with E-state index in [2.05, 4.69) is 10.3 Å². The van der Waals surface area contributed by atoms with Gasteiger partial charge < -0.3 is 19.7 Å². The molecule has 120 valence electrons. The van der Waals surface area contributed by atoms with Gasteiger partial charge in [0.1, 0.15) is 0 Å². The van der Waals surface area contributed by atoms with Gasteiger partial charge in [0.25, 0.3) is 5.69 Å². The second-order valence-corrected chi connectivity index (χ2v) is 4.90. The van der Waals surface area contributed by atoms with Crippen molar-refractivity contribution in [2.45, 2.75) is 6.42 Å². The van der Waals surface area contributed by atoms with E-state index >= 15 is 0 Å². The molecule has 1 aromatic carbocycles. The van der Waals surface area contributed by atoms with Crippen LogP contribution in [0.4, 0.5) is 5.69 Å². The number of benzene rings is 1. The van der Waals surface area contributed by atoms with Gasteiger partial charge in [-0.2, -0.15) is 0 Å². The Hall–Kier alpha value is -2.51. The average molecular weight is 308 g/mol. The molecule has 8 heteroatoms. The first kappa shape index (κ1) is 15.9. The van der Waals surface area contributed by atoms with Gasteiger partial charge in [0.15, 0.2) is 17.5 Å². The van der Waals surface area contributed by atoms with Crippen molar-refractivity contribution in [3.8, 4) is 11.5 Å². The quantitative estimate of drug-likeness (QED) is 0.624. The van der Waals surface area contributed by atoms with E-state index in [0.717, 1.165) is 19.0 Å². The lowest BCUT2D eigenvalue weighted by atomic mass is 10.1. The fraction of sp³-hybridized carbons (Fsp3) is 0.500.